The van der Waals surface area contributed by atoms with Gasteiger partial charge in [0.1, 0.15) is 0 Å². The molecule has 0 spiro atoms. The van der Waals surface area contributed by atoms with E-state index in [1.807, 2.05) is 6.92 Å². The van der Waals surface area contributed by atoms with Crippen molar-refractivity contribution in [1.29, 1.82) is 0 Å². The smallest absolute Gasteiger partial charge is 0.328 e. The summed E-state index contributed by atoms with van der Waals surface area (Å²) in [6, 6.07) is -0.115. The molecule has 0 bridgehead atoms. The highest BCUT2D eigenvalue weighted by atomic mass is 16.4. The van der Waals surface area contributed by atoms with E-state index in [2.05, 4.69) is 0 Å². The van der Waals surface area contributed by atoms with E-state index in [0.717, 1.165) is 18.1 Å². The molecule has 1 unspecified atom stereocenters. The first kappa shape index (κ1) is 9.17. The molecule has 3 nitrogen and oxygen atoms in total. The zero-order chi connectivity index (χ0) is 8.15. The van der Waals surface area contributed by atoms with Crippen LogP contribution in [0.5, 0.6) is 0 Å². The highest BCUT2D eigenvalue weighted by molar-refractivity contribution is 5.80. The van der Waals surface area contributed by atoms with E-state index in [9.17, 15) is 4.79 Å². The van der Waals surface area contributed by atoms with Crippen molar-refractivity contribution in [3.8, 4) is 0 Å². The van der Waals surface area contributed by atoms with Gasteiger partial charge in [-0.1, -0.05) is 6.92 Å². The fourth-order valence-electron chi connectivity index (χ4n) is 0.624. The first-order chi connectivity index (χ1) is 4.57. The predicted molar refractivity (Wildman–Crippen MR) is 39.7 cm³/mol. The van der Waals surface area contributed by atoms with Crippen molar-refractivity contribution >= 4 is 5.97 Å². The summed E-state index contributed by atoms with van der Waals surface area (Å²) in [5, 5.41) is 8.30. The molecule has 1 atom stereocenters. The molecule has 0 aromatic rings. The summed E-state index contributed by atoms with van der Waals surface area (Å²) in [5.74, 6) is -0.929. The summed E-state index contributed by atoms with van der Waals surface area (Å²) in [5.41, 5.74) is 6.25. The van der Waals surface area contributed by atoms with E-state index in [4.69, 9.17) is 10.8 Å². The van der Waals surface area contributed by atoms with Gasteiger partial charge in [-0.05, 0) is 18.9 Å². The summed E-state index contributed by atoms with van der Waals surface area (Å²) in [6.07, 6.45) is 1.92. The molecular formula is C7H13NO2. The molecule has 10 heavy (non-hydrogen) atoms. The predicted octanol–water partition coefficient (Wildman–Crippen LogP) is 0.755. The summed E-state index contributed by atoms with van der Waals surface area (Å²) < 4.78 is 0. The Morgan fingerprint density at radius 2 is 2.30 bits per heavy atom. The average Bonchev–Trinajstić information content (AvgIpc) is 1.85. The quantitative estimate of drug-likeness (QED) is 0.573. The maximum absolute atomic E-state index is 10.1. The number of carboxylic acid groups (broad SMARTS) is 1. The Hall–Kier alpha value is -0.830. The van der Waals surface area contributed by atoms with Gasteiger partial charge in [-0.2, -0.15) is 0 Å². The van der Waals surface area contributed by atoms with Crippen LogP contribution in [-0.4, -0.2) is 17.1 Å². The van der Waals surface area contributed by atoms with Crippen LogP contribution in [0.3, 0.4) is 0 Å². The van der Waals surface area contributed by atoms with Crippen molar-refractivity contribution in [3.05, 3.63) is 11.6 Å². The van der Waals surface area contributed by atoms with Crippen molar-refractivity contribution in [2.75, 3.05) is 0 Å². The summed E-state index contributed by atoms with van der Waals surface area (Å²) in [4.78, 5) is 10.1. The molecule has 0 saturated heterocycles. The van der Waals surface area contributed by atoms with Gasteiger partial charge < -0.3 is 10.8 Å². The third kappa shape index (κ3) is 3.25. The standard InChI is InChI=1S/C7H13NO2/c1-3-6(8)5(2)4-7(9)10/h4,6H,3,8H2,1-2H3,(H,9,10). The minimum Gasteiger partial charge on any atom is -0.478 e. The molecule has 0 saturated carbocycles. The Morgan fingerprint density at radius 1 is 1.80 bits per heavy atom. The van der Waals surface area contributed by atoms with Crippen LogP contribution in [0.1, 0.15) is 20.3 Å². The number of rotatable bonds is 3. The largest absolute Gasteiger partial charge is 0.478 e. The molecule has 0 aromatic heterocycles. The molecule has 0 aliphatic rings. The molecule has 0 aliphatic carbocycles. The van der Waals surface area contributed by atoms with Gasteiger partial charge in [-0.25, -0.2) is 4.79 Å². The molecule has 0 fully saturated rings. The van der Waals surface area contributed by atoms with Gasteiger partial charge in [0, 0.05) is 12.1 Å². The van der Waals surface area contributed by atoms with E-state index in [1.165, 1.54) is 0 Å². The number of aliphatic carboxylic acids is 1. The number of hydrogen-bond donors (Lipinski definition) is 2. The second kappa shape index (κ2) is 4.06. The van der Waals surface area contributed by atoms with Crippen LogP contribution in [0.15, 0.2) is 11.6 Å². The minimum absolute atomic E-state index is 0.115. The lowest BCUT2D eigenvalue weighted by molar-refractivity contribution is -0.131. The fraction of sp³-hybridized carbons (Fsp3) is 0.571. The number of nitrogens with two attached hydrogens (primary N) is 1. The van der Waals surface area contributed by atoms with E-state index < -0.39 is 5.97 Å². The molecular weight excluding hydrogens is 130 g/mol. The molecule has 0 radical (unpaired) electrons. The topological polar surface area (TPSA) is 63.3 Å². The molecule has 0 heterocycles. The lowest BCUT2D eigenvalue weighted by Crippen LogP contribution is -2.20. The van der Waals surface area contributed by atoms with Gasteiger partial charge in [-0.15, -0.1) is 0 Å². The monoisotopic (exact) mass is 143 g/mol. The van der Waals surface area contributed by atoms with Crippen LogP contribution in [0, 0.1) is 0 Å². The zero-order valence-corrected chi connectivity index (χ0v) is 6.29. The number of carbonyl (C=O) groups is 1. The lowest BCUT2D eigenvalue weighted by atomic mass is 10.1. The van der Waals surface area contributed by atoms with Gasteiger partial charge in [0.2, 0.25) is 0 Å². The molecule has 3 N–H and O–H groups in total. The summed E-state index contributed by atoms with van der Waals surface area (Å²) >= 11 is 0. The van der Waals surface area contributed by atoms with Gasteiger partial charge in [-0.3, -0.25) is 0 Å². The van der Waals surface area contributed by atoms with Crippen LogP contribution in [0.25, 0.3) is 0 Å². The molecule has 58 valence electrons. The van der Waals surface area contributed by atoms with Crippen LogP contribution >= 0.6 is 0 Å². The Labute approximate surface area is 60.5 Å². The minimum atomic E-state index is -0.929. The van der Waals surface area contributed by atoms with Crippen molar-refractivity contribution in [2.24, 2.45) is 5.73 Å². The molecule has 0 aromatic carbocycles. The van der Waals surface area contributed by atoms with Crippen LogP contribution in [0.2, 0.25) is 0 Å². The molecule has 0 aliphatic heterocycles. The highest BCUT2D eigenvalue weighted by Gasteiger charge is 2.01. The Balaban J connectivity index is 4.04. The number of carboxylic acids is 1. The summed E-state index contributed by atoms with van der Waals surface area (Å²) in [7, 11) is 0. The SMILES string of the molecule is CCC(N)C(C)=CC(=O)O. The van der Waals surface area contributed by atoms with Gasteiger partial charge in [0.15, 0.2) is 0 Å². The average molecular weight is 143 g/mol. The van der Waals surface area contributed by atoms with Gasteiger partial charge >= 0.3 is 5.97 Å². The Morgan fingerprint density at radius 3 is 2.60 bits per heavy atom. The Kier molecular flexibility index (Phi) is 3.72. The van der Waals surface area contributed by atoms with Crippen LogP contribution in [-0.2, 0) is 4.79 Å². The van der Waals surface area contributed by atoms with Crippen molar-refractivity contribution in [2.45, 2.75) is 26.3 Å². The van der Waals surface area contributed by atoms with Crippen molar-refractivity contribution in [3.63, 3.8) is 0 Å². The molecule has 3 heteroatoms. The molecule has 0 rings (SSSR count). The lowest BCUT2D eigenvalue weighted by Gasteiger charge is -2.06. The fourth-order valence-corrected chi connectivity index (χ4v) is 0.624. The van der Waals surface area contributed by atoms with Crippen molar-refractivity contribution < 1.29 is 9.90 Å². The normalized spacial score (nSPS) is 14.9. The maximum Gasteiger partial charge on any atom is 0.328 e. The zero-order valence-electron chi connectivity index (χ0n) is 6.29. The maximum atomic E-state index is 10.1. The first-order valence-electron chi connectivity index (χ1n) is 3.24. The Bertz CT molecular complexity index is 152. The van der Waals surface area contributed by atoms with E-state index in [1.54, 1.807) is 6.92 Å². The van der Waals surface area contributed by atoms with Gasteiger partial charge in [0.25, 0.3) is 0 Å². The molecule has 0 amide bonds. The summed E-state index contributed by atoms with van der Waals surface area (Å²) in [6.45, 7) is 3.64. The van der Waals surface area contributed by atoms with E-state index in [0.29, 0.717) is 0 Å². The van der Waals surface area contributed by atoms with Crippen LogP contribution < -0.4 is 5.73 Å². The number of hydrogen-bond acceptors (Lipinski definition) is 2. The van der Waals surface area contributed by atoms with Crippen LogP contribution in [0.4, 0.5) is 0 Å². The van der Waals surface area contributed by atoms with Gasteiger partial charge in [0.05, 0.1) is 0 Å². The van der Waals surface area contributed by atoms with E-state index in [-0.39, 0.29) is 6.04 Å². The second-order valence-corrected chi connectivity index (χ2v) is 2.24. The highest BCUT2D eigenvalue weighted by Crippen LogP contribution is 2.00. The van der Waals surface area contributed by atoms with Crippen molar-refractivity contribution in [1.82, 2.24) is 0 Å². The third-order valence-corrected chi connectivity index (χ3v) is 1.38. The first-order valence-corrected chi connectivity index (χ1v) is 3.24. The second-order valence-electron chi connectivity index (χ2n) is 2.24. The third-order valence-electron chi connectivity index (χ3n) is 1.38. The van der Waals surface area contributed by atoms with E-state index >= 15 is 0 Å².